The van der Waals surface area contributed by atoms with Crippen LogP contribution in [0.25, 0.3) is 17.4 Å². The molecule has 0 bridgehead atoms. The monoisotopic (exact) mass is 460 g/mol. The lowest BCUT2D eigenvalue weighted by Gasteiger charge is -2.22. The molecule has 1 aromatic heterocycles. The van der Waals surface area contributed by atoms with Crippen LogP contribution in [0.1, 0.15) is 37.5 Å². The van der Waals surface area contributed by atoms with Crippen molar-refractivity contribution in [1.29, 1.82) is 0 Å². The number of thioether (sulfide) groups is 1. The third kappa shape index (κ3) is 4.86. The van der Waals surface area contributed by atoms with E-state index in [-0.39, 0.29) is 14.9 Å². The number of carbonyl (C=O) groups is 2. The molecule has 31 heavy (non-hydrogen) atoms. The standard InChI is InChI=1S/C21H20N2O6S2/c1-3-4-5-15(20(25)26)22-19(24)18(31-21(22)30)11-13-7-9-17(29-13)14-8-6-12(2)10-16(14)23(27)28/h6-11,15H,3-5H2,1-2H3,(H,25,26)/b18-11+. The first-order chi connectivity index (χ1) is 14.7. The first-order valence-corrected chi connectivity index (χ1v) is 10.8. The number of hydrogen-bond acceptors (Lipinski definition) is 7. The molecule has 0 spiro atoms. The molecule has 0 saturated carbocycles. The minimum atomic E-state index is -1.10. The van der Waals surface area contributed by atoms with Gasteiger partial charge in [-0.2, -0.15) is 0 Å². The number of nitro groups is 1. The molecule has 1 aliphatic heterocycles. The lowest BCUT2D eigenvalue weighted by molar-refractivity contribution is -0.384. The summed E-state index contributed by atoms with van der Waals surface area (Å²) in [7, 11) is 0. The van der Waals surface area contributed by atoms with Crippen LogP contribution >= 0.6 is 24.0 Å². The first-order valence-electron chi connectivity index (χ1n) is 9.58. The number of nitrogens with zero attached hydrogens (tertiary/aromatic N) is 2. The highest BCUT2D eigenvalue weighted by Gasteiger charge is 2.40. The molecule has 1 N–H and O–H groups in total. The molecular formula is C21H20N2O6S2. The van der Waals surface area contributed by atoms with Crippen molar-refractivity contribution in [3.8, 4) is 11.3 Å². The van der Waals surface area contributed by atoms with Gasteiger partial charge in [-0.25, -0.2) is 4.79 Å². The molecule has 1 aromatic carbocycles. The third-order valence-corrected chi connectivity index (χ3v) is 6.10. The van der Waals surface area contributed by atoms with E-state index in [1.54, 1.807) is 31.2 Å². The molecule has 10 heteroatoms. The molecule has 0 radical (unpaired) electrons. The Morgan fingerprint density at radius 1 is 1.39 bits per heavy atom. The molecule has 1 fully saturated rings. The van der Waals surface area contributed by atoms with Crippen LogP contribution < -0.4 is 0 Å². The number of aliphatic carboxylic acids is 1. The van der Waals surface area contributed by atoms with Crippen molar-refractivity contribution >= 4 is 51.9 Å². The average Bonchev–Trinajstić information content (AvgIpc) is 3.27. The molecule has 1 aliphatic rings. The van der Waals surface area contributed by atoms with Crippen LogP contribution in [0.4, 0.5) is 5.69 Å². The highest BCUT2D eigenvalue weighted by molar-refractivity contribution is 8.26. The summed E-state index contributed by atoms with van der Waals surface area (Å²) in [6, 6.07) is 6.99. The average molecular weight is 461 g/mol. The first kappa shape index (κ1) is 22.7. The maximum atomic E-state index is 12.8. The minimum absolute atomic E-state index is 0.0764. The van der Waals surface area contributed by atoms with E-state index in [4.69, 9.17) is 16.6 Å². The van der Waals surface area contributed by atoms with Crippen molar-refractivity contribution in [2.75, 3.05) is 0 Å². The lowest BCUT2D eigenvalue weighted by Crippen LogP contribution is -2.43. The van der Waals surface area contributed by atoms with Gasteiger partial charge in [-0.15, -0.1) is 0 Å². The molecular weight excluding hydrogens is 440 g/mol. The molecule has 2 heterocycles. The Hall–Kier alpha value is -2.98. The van der Waals surface area contributed by atoms with Gasteiger partial charge in [0.15, 0.2) is 0 Å². The summed E-state index contributed by atoms with van der Waals surface area (Å²) in [6.07, 6.45) is 3.24. The van der Waals surface area contributed by atoms with E-state index in [0.717, 1.165) is 28.6 Å². The lowest BCUT2D eigenvalue weighted by atomic mass is 10.1. The zero-order chi connectivity index (χ0) is 22.7. The van der Waals surface area contributed by atoms with Gasteiger partial charge in [0.1, 0.15) is 21.9 Å². The summed E-state index contributed by atoms with van der Waals surface area (Å²) in [5, 5.41) is 20.9. The molecule has 8 nitrogen and oxygen atoms in total. The normalized spacial score (nSPS) is 16.2. The molecule has 3 rings (SSSR count). The van der Waals surface area contributed by atoms with Gasteiger partial charge < -0.3 is 9.52 Å². The Labute approximate surface area is 188 Å². The van der Waals surface area contributed by atoms with Gasteiger partial charge in [0, 0.05) is 12.1 Å². The van der Waals surface area contributed by atoms with Crippen molar-refractivity contribution in [3.63, 3.8) is 0 Å². The van der Waals surface area contributed by atoms with Crippen LogP contribution in [-0.4, -0.2) is 37.2 Å². The number of nitro benzene ring substituents is 1. The smallest absolute Gasteiger partial charge is 0.326 e. The van der Waals surface area contributed by atoms with Crippen molar-refractivity contribution in [2.45, 2.75) is 39.2 Å². The molecule has 2 aromatic rings. The Morgan fingerprint density at radius 2 is 2.13 bits per heavy atom. The fraction of sp³-hybridized carbons (Fsp3) is 0.286. The summed E-state index contributed by atoms with van der Waals surface area (Å²) in [4.78, 5) is 36.8. The number of thiocarbonyl (C=S) groups is 1. The summed E-state index contributed by atoms with van der Waals surface area (Å²) in [6.45, 7) is 3.70. The van der Waals surface area contributed by atoms with Gasteiger partial charge in [-0.1, -0.05) is 49.8 Å². The number of carboxylic acids is 1. The third-order valence-electron chi connectivity index (χ3n) is 4.77. The highest BCUT2D eigenvalue weighted by atomic mass is 32.2. The van der Waals surface area contributed by atoms with Crippen molar-refractivity contribution in [3.05, 3.63) is 56.7 Å². The summed E-state index contributed by atoms with van der Waals surface area (Å²) in [5.41, 5.74) is 1.00. The topological polar surface area (TPSA) is 114 Å². The quantitative estimate of drug-likeness (QED) is 0.253. The van der Waals surface area contributed by atoms with Crippen LogP contribution in [0.2, 0.25) is 0 Å². The predicted octanol–water partition coefficient (Wildman–Crippen LogP) is 5.01. The van der Waals surface area contributed by atoms with Gasteiger partial charge in [0.2, 0.25) is 0 Å². The summed E-state index contributed by atoms with van der Waals surface area (Å²) < 4.78 is 5.91. The fourth-order valence-electron chi connectivity index (χ4n) is 3.21. The number of unbranched alkanes of at least 4 members (excludes halogenated alkanes) is 1. The Balaban J connectivity index is 1.88. The zero-order valence-electron chi connectivity index (χ0n) is 16.9. The molecule has 1 amide bonds. The van der Waals surface area contributed by atoms with E-state index in [2.05, 4.69) is 0 Å². The van der Waals surface area contributed by atoms with Crippen LogP contribution in [0.15, 0.2) is 39.7 Å². The highest BCUT2D eigenvalue weighted by Crippen LogP contribution is 2.37. The minimum Gasteiger partial charge on any atom is -0.480 e. The van der Waals surface area contributed by atoms with E-state index in [9.17, 15) is 24.8 Å². The predicted molar refractivity (Wildman–Crippen MR) is 121 cm³/mol. The summed E-state index contributed by atoms with van der Waals surface area (Å²) in [5.74, 6) is -0.985. The largest absolute Gasteiger partial charge is 0.480 e. The number of carboxylic acid groups (broad SMARTS) is 1. The SMILES string of the molecule is CCCCC(C(=O)O)N1C(=O)/C(=C\c2ccc(-c3ccc(C)cc3[N+](=O)[O-])o2)SC1=S. The van der Waals surface area contributed by atoms with Crippen molar-refractivity contribution in [1.82, 2.24) is 4.90 Å². The van der Waals surface area contributed by atoms with Gasteiger partial charge in [-0.3, -0.25) is 19.8 Å². The molecule has 162 valence electrons. The Bertz CT molecular complexity index is 1090. The Kier molecular flexibility index (Phi) is 6.91. The Morgan fingerprint density at radius 3 is 2.77 bits per heavy atom. The number of benzene rings is 1. The molecule has 0 aliphatic carbocycles. The maximum absolute atomic E-state index is 12.8. The second-order valence-corrected chi connectivity index (χ2v) is 8.70. The fourth-order valence-corrected chi connectivity index (χ4v) is 4.55. The number of carbonyl (C=O) groups excluding carboxylic acids is 1. The number of rotatable bonds is 8. The second kappa shape index (κ2) is 9.44. The van der Waals surface area contributed by atoms with Crippen LogP contribution in [0.3, 0.4) is 0 Å². The van der Waals surface area contributed by atoms with Crippen molar-refractivity contribution in [2.24, 2.45) is 0 Å². The van der Waals surface area contributed by atoms with E-state index in [0.29, 0.717) is 29.9 Å². The van der Waals surface area contributed by atoms with Crippen LogP contribution in [0, 0.1) is 17.0 Å². The second-order valence-electron chi connectivity index (χ2n) is 7.03. The van der Waals surface area contributed by atoms with E-state index < -0.39 is 22.8 Å². The zero-order valence-corrected chi connectivity index (χ0v) is 18.5. The van der Waals surface area contributed by atoms with Crippen LogP contribution in [-0.2, 0) is 9.59 Å². The number of aryl methyl sites for hydroxylation is 1. The van der Waals surface area contributed by atoms with Crippen LogP contribution in [0.5, 0.6) is 0 Å². The van der Waals surface area contributed by atoms with E-state index >= 15 is 0 Å². The van der Waals surface area contributed by atoms with Gasteiger partial charge >= 0.3 is 5.97 Å². The van der Waals surface area contributed by atoms with Gasteiger partial charge in [0.05, 0.1) is 15.4 Å². The van der Waals surface area contributed by atoms with E-state index in [1.165, 1.54) is 12.1 Å². The molecule has 1 saturated heterocycles. The number of furan rings is 1. The van der Waals surface area contributed by atoms with Gasteiger partial charge in [0.25, 0.3) is 11.6 Å². The van der Waals surface area contributed by atoms with E-state index in [1.807, 2.05) is 6.92 Å². The van der Waals surface area contributed by atoms with Gasteiger partial charge in [-0.05, 0) is 37.1 Å². The molecule has 1 atom stereocenters. The maximum Gasteiger partial charge on any atom is 0.326 e. The number of amides is 1. The summed E-state index contributed by atoms with van der Waals surface area (Å²) >= 11 is 6.26. The number of hydrogen-bond donors (Lipinski definition) is 1. The van der Waals surface area contributed by atoms with Crippen molar-refractivity contribution < 1.29 is 24.0 Å². The molecule has 1 unspecified atom stereocenters.